The highest BCUT2D eigenvalue weighted by molar-refractivity contribution is 5.59. The number of benzene rings is 1. The standard InChI is InChI=1S/C11H17N3.C2H6/c1-9-8-10(12)2-3-11(9)14-6-4-13-5-7-14;1-2/h2-3,8,13H,4-7,12H2,1H3;1-2H3. The number of rotatable bonds is 1. The van der Waals surface area contributed by atoms with Gasteiger partial charge in [0.1, 0.15) is 0 Å². The van der Waals surface area contributed by atoms with E-state index in [-0.39, 0.29) is 0 Å². The third kappa shape index (κ3) is 3.14. The fourth-order valence-electron chi connectivity index (χ4n) is 1.94. The van der Waals surface area contributed by atoms with Gasteiger partial charge in [-0.1, -0.05) is 13.8 Å². The zero-order valence-electron chi connectivity index (χ0n) is 10.6. The number of hydrogen-bond donors (Lipinski definition) is 2. The molecule has 2 rings (SSSR count). The monoisotopic (exact) mass is 221 g/mol. The molecule has 1 aromatic rings. The van der Waals surface area contributed by atoms with Gasteiger partial charge >= 0.3 is 0 Å². The van der Waals surface area contributed by atoms with Crippen molar-refractivity contribution in [3.05, 3.63) is 23.8 Å². The lowest BCUT2D eigenvalue weighted by molar-refractivity contribution is 0.588. The second-order valence-electron chi connectivity index (χ2n) is 3.78. The first-order valence-corrected chi connectivity index (χ1v) is 6.09. The van der Waals surface area contributed by atoms with E-state index in [0.29, 0.717) is 0 Å². The van der Waals surface area contributed by atoms with Gasteiger partial charge in [0.05, 0.1) is 0 Å². The molecular formula is C13H23N3. The van der Waals surface area contributed by atoms with Crippen molar-refractivity contribution in [1.82, 2.24) is 5.32 Å². The Hall–Kier alpha value is -1.22. The van der Waals surface area contributed by atoms with Crippen LogP contribution in [0, 0.1) is 6.92 Å². The van der Waals surface area contributed by atoms with Crippen molar-refractivity contribution in [3.63, 3.8) is 0 Å². The Balaban J connectivity index is 0.000000606. The summed E-state index contributed by atoms with van der Waals surface area (Å²) in [5.74, 6) is 0. The van der Waals surface area contributed by atoms with E-state index in [1.807, 2.05) is 26.0 Å². The number of hydrogen-bond acceptors (Lipinski definition) is 3. The first kappa shape index (κ1) is 12.8. The fraction of sp³-hybridized carbons (Fsp3) is 0.538. The topological polar surface area (TPSA) is 41.3 Å². The minimum atomic E-state index is 0.849. The molecule has 1 aliphatic heterocycles. The van der Waals surface area contributed by atoms with Crippen molar-refractivity contribution < 1.29 is 0 Å². The lowest BCUT2D eigenvalue weighted by Gasteiger charge is -2.30. The first-order valence-electron chi connectivity index (χ1n) is 6.09. The molecule has 0 saturated carbocycles. The van der Waals surface area contributed by atoms with Crippen molar-refractivity contribution in [2.75, 3.05) is 36.8 Å². The van der Waals surface area contributed by atoms with E-state index >= 15 is 0 Å². The maximum atomic E-state index is 5.73. The summed E-state index contributed by atoms with van der Waals surface area (Å²) in [6.07, 6.45) is 0. The molecule has 0 radical (unpaired) electrons. The van der Waals surface area contributed by atoms with Gasteiger partial charge < -0.3 is 16.0 Å². The van der Waals surface area contributed by atoms with Crippen LogP contribution in [0.15, 0.2) is 18.2 Å². The summed E-state index contributed by atoms with van der Waals surface area (Å²) < 4.78 is 0. The molecule has 90 valence electrons. The van der Waals surface area contributed by atoms with E-state index in [9.17, 15) is 0 Å². The van der Waals surface area contributed by atoms with Crippen LogP contribution in [-0.2, 0) is 0 Å². The minimum Gasteiger partial charge on any atom is -0.399 e. The Kier molecular flexibility index (Phi) is 5.12. The van der Waals surface area contributed by atoms with Crippen molar-refractivity contribution in [2.24, 2.45) is 0 Å². The van der Waals surface area contributed by atoms with Gasteiger partial charge in [-0.05, 0) is 30.7 Å². The summed E-state index contributed by atoms with van der Waals surface area (Å²) in [5, 5.41) is 3.35. The molecule has 3 heteroatoms. The highest BCUT2D eigenvalue weighted by Gasteiger charge is 2.11. The molecular weight excluding hydrogens is 198 g/mol. The van der Waals surface area contributed by atoms with Gasteiger partial charge in [-0.3, -0.25) is 0 Å². The van der Waals surface area contributed by atoms with Gasteiger partial charge in [0, 0.05) is 37.6 Å². The molecule has 3 nitrogen and oxygen atoms in total. The van der Waals surface area contributed by atoms with Gasteiger partial charge in [-0.2, -0.15) is 0 Å². The Bertz CT molecular complexity index is 317. The highest BCUT2D eigenvalue weighted by atomic mass is 15.2. The molecule has 0 atom stereocenters. The Morgan fingerprint density at radius 3 is 2.38 bits per heavy atom. The second kappa shape index (κ2) is 6.38. The maximum Gasteiger partial charge on any atom is 0.0398 e. The van der Waals surface area contributed by atoms with E-state index in [0.717, 1.165) is 31.9 Å². The zero-order valence-corrected chi connectivity index (χ0v) is 10.6. The molecule has 0 unspecified atom stereocenters. The number of anilines is 2. The predicted molar refractivity (Wildman–Crippen MR) is 72.0 cm³/mol. The predicted octanol–water partition coefficient (Wildman–Crippen LogP) is 2.01. The first-order chi connectivity index (χ1) is 7.77. The highest BCUT2D eigenvalue weighted by Crippen LogP contribution is 2.22. The van der Waals surface area contributed by atoms with Crippen molar-refractivity contribution in [2.45, 2.75) is 20.8 Å². The van der Waals surface area contributed by atoms with E-state index in [4.69, 9.17) is 5.73 Å². The number of nitrogen functional groups attached to an aromatic ring is 1. The third-order valence-corrected chi connectivity index (χ3v) is 2.68. The second-order valence-corrected chi connectivity index (χ2v) is 3.78. The molecule has 0 aromatic heterocycles. The summed E-state index contributed by atoms with van der Waals surface area (Å²) in [6.45, 7) is 10.4. The van der Waals surface area contributed by atoms with Crippen LogP contribution >= 0.6 is 0 Å². The molecule has 1 aromatic carbocycles. The van der Waals surface area contributed by atoms with E-state index < -0.39 is 0 Å². The number of piperazine rings is 1. The van der Waals surface area contributed by atoms with Gasteiger partial charge in [0.2, 0.25) is 0 Å². The number of nitrogens with zero attached hydrogens (tertiary/aromatic N) is 1. The smallest absolute Gasteiger partial charge is 0.0398 e. The number of aryl methyl sites for hydroxylation is 1. The van der Waals surface area contributed by atoms with Crippen LogP contribution in [0.25, 0.3) is 0 Å². The van der Waals surface area contributed by atoms with E-state index in [1.54, 1.807) is 0 Å². The molecule has 0 bridgehead atoms. The molecule has 0 amide bonds. The molecule has 16 heavy (non-hydrogen) atoms. The quantitative estimate of drug-likeness (QED) is 0.713. The van der Waals surface area contributed by atoms with Crippen LogP contribution in [0.3, 0.4) is 0 Å². The summed E-state index contributed by atoms with van der Waals surface area (Å²) in [7, 11) is 0. The zero-order chi connectivity index (χ0) is 12.0. The molecule has 1 aliphatic rings. The van der Waals surface area contributed by atoms with E-state index in [2.05, 4.69) is 23.2 Å². The van der Waals surface area contributed by atoms with Crippen LogP contribution < -0.4 is 16.0 Å². The van der Waals surface area contributed by atoms with Crippen molar-refractivity contribution >= 4 is 11.4 Å². The summed E-state index contributed by atoms with van der Waals surface area (Å²) in [4.78, 5) is 2.41. The van der Waals surface area contributed by atoms with Gasteiger partial charge in [0.15, 0.2) is 0 Å². The lowest BCUT2D eigenvalue weighted by Crippen LogP contribution is -2.43. The van der Waals surface area contributed by atoms with Gasteiger partial charge in [-0.25, -0.2) is 0 Å². The summed E-state index contributed by atoms with van der Waals surface area (Å²) in [5.41, 5.74) is 9.17. The normalized spacial score (nSPS) is 15.3. The average Bonchev–Trinajstić information content (AvgIpc) is 2.33. The van der Waals surface area contributed by atoms with Crippen LogP contribution in [0.2, 0.25) is 0 Å². The Labute approximate surface area is 98.6 Å². The van der Waals surface area contributed by atoms with Crippen LogP contribution in [0.1, 0.15) is 19.4 Å². The van der Waals surface area contributed by atoms with Crippen molar-refractivity contribution in [3.8, 4) is 0 Å². The maximum absolute atomic E-state index is 5.73. The van der Waals surface area contributed by atoms with E-state index in [1.165, 1.54) is 11.3 Å². The third-order valence-electron chi connectivity index (χ3n) is 2.68. The molecule has 3 N–H and O–H groups in total. The largest absolute Gasteiger partial charge is 0.399 e. The van der Waals surface area contributed by atoms with Crippen LogP contribution in [-0.4, -0.2) is 26.2 Å². The number of nitrogens with two attached hydrogens (primary N) is 1. The average molecular weight is 221 g/mol. The minimum absolute atomic E-state index is 0.849. The van der Waals surface area contributed by atoms with Crippen LogP contribution in [0.4, 0.5) is 11.4 Å². The van der Waals surface area contributed by atoms with Gasteiger partial charge in [-0.15, -0.1) is 0 Å². The fourth-order valence-corrected chi connectivity index (χ4v) is 1.94. The SMILES string of the molecule is CC.Cc1cc(N)ccc1N1CCNCC1. The summed E-state index contributed by atoms with van der Waals surface area (Å²) in [6, 6.07) is 6.14. The summed E-state index contributed by atoms with van der Waals surface area (Å²) >= 11 is 0. The molecule has 1 fully saturated rings. The molecule has 1 heterocycles. The Morgan fingerprint density at radius 2 is 1.81 bits per heavy atom. The van der Waals surface area contributed by atoms with Crippen molar-refractivity contribution in [1.29, 1.82) is 0 Å². The molecule has 1 saturated heterocycles. The molecule has 0 spiro atoms. The number of nitrogens with one attached hydrogen (secondary N) is 1. The Morgan fingerprint density at radius 1 is 1.19 bits per heavy atom. The molecule has 0 aliphatic carbocycles. The van der Waals surface area contributed by atoms with Crippen LogP contribution in [0.5, 0.6) is 0 Å². The van der Waals surface area contributed by atoms with Gasteiger partial charge in [0.25, 0.3) is 0 Å². The lowest BCUT2D eigenvalue weighted by atomic mass is 10.1.